The molecule has 1 heterocycles. The van der Waals surface area contributed by atoms with Crippen LogP contribution in [0.2, 0.25) is 0 Å². The van der Waals surface area contributed by atoms with Gasteiger partial charge in [-0.1, -0.05) is 13.0 Å². The molecular formula is C18H16FNO4S. The van der Waals surface area contributed by atoms with Crippen LogP contribution in [0.1, 0.15) is 23.0 Å². The van der Waals surface area contributed by atoms with Gasteiger partial charge in [-0.05, 0) is 43.3 Å². The van der Waals surface area contributed by atoms with E-state index in [-0.39, 0.29) is 16.4 Å². The van der Waals surface area contributed by atoms with Crippen LogP contribution in [-0.4, -0.2) is 20.1 Å². The maximum atomic E-state index is 13.4. The molecule has 25 heavy (non-hydrogen) atoms. The van der Waals surface area contributed by atoms with Crippen LogP contribution in [0.15, 0.2) is 51.8 Å². The van der Waals surface area contributed by atoms with Gasteiger partial charge >= 0.3 is 0 Å². The smallest absolute Gasteiger partial charge is 0.291 e. The van der Waals surface area contributed by atoms with Crippen LogP contribution in [0, 0.1) is 12.7 Å². The lowest BCUT2D eigenvalue weighted by atomic mass is 10.1. The van der Waals surface area contributed by atoms with Crippen LogP contribution in [0.4, 0.5) is 10.1 Å². The van der Waals surface area contributed by atoms with E-state index in [1.165, 1.54) is 30.3 Å². The molecule has 130 valence electrons. The molecule has 0 radical (unpaired) electrons. The number of nitrogens with one attached hydrogen (secondary N) is 1. The molecule has 0 saturated carbocycles. The van der Waals surface area contributed by atoms with Gasteiger partial charge in [-0.3, -0.25) is 4.79 Å². The van der Waals surface area contributed by atoms with Crippen LogP contribution >= 0.6 is 0 Å². The molecule has 3 rings (SSSR count). The molecular weight excluding hydrogens is 345 g/mol. The van der Waals surface area contributed by atoms with Crippen molar-refractivity contribution in [2.45, 2.75) is 18.7 Å². The highest BCUT2D eigenvalue weighted by Crippen LogP contribution is 2.27. The van der Waals surface area contributed by atoms with Crippen molar-refractivity contribution in [1.82, 2.24) is 0 Å². The van der Waals surface area contributed by atoms with Gasteiger partial charge in [0, 0.05) is 16.6 Å². The van der Waals surface area contributed by atoms with Gasteiger partial charge in [0.15, 0.2) is 15.6 Å². The summed E-state index contributed by atoms with van der Waals surface area (Å²) in [5.41, 5.74) is 1.27. The number of carbonyl (C=O) groups excluding carboxylic acids is 1. The Morgan fingerprint density at radius 3 is 2.68 bits per heavy atom. The molecule has 0 aliphatic rings. The van der Waals surface area contributed by atoms with Crippen molar-refractivity contribution in [3.63, 3.8) is 0 Å². The summed E-state index contributed by atoms with van der Waals surface area (Å²) in [5.74, 6) is -0.913. The third-order valence-electron chi connectivity index (χ3n) is 3.94. The zero-order valence-corrected chi connectivity index (χ0v) is 14.5. The average Bonchev–Trinajstić information content (AvgIpc) is 2.92. The highest BCUT2D eigenvalue weighted by Gasteiger charge is 2.19. The Morgan fingerprint density at radius 1 is 1.20 bits per heavy atom. The van der Waals surface area contributed by atoms with Crippen molar-refractivity contribution in [1.29, 1.82) is 0 Å². The second-order valence-corrected chi connectivity index (χ2v) is 7.86. The van der Waals surface area contributed by atoms with E-state index in [9.17, 15) is 17.6 Å². The van der Waals surface area contributed by atoms with Crippen molar-refractivity contribution < 1.29 is 22.0 Å². The number of amides is 1. The number of hydrogen-bond acceptors (Lipinski definition) is 4. The quantitative estimate of drug-likeness (QED) is 0.764. The predicted molar refractivity (Wildman–Crippen MR) is 93.0 cm³/mol. The number of carbonyl (C=O) groups is 1. The number of halogens is 1. The fourth-order valence-corrected chi connectivity index (χ4v) is 3.46. The van der Waals surface area contributed by atoms with E-state index in [1.807, 2.05) is 0 Å². The highest BCUT2D eigenvalue weighted by molar-refractivity contribution is 7.91. The molecule has 0 aliphatic carbocycles. The molecule has 0 unspecified atom stereocenters. The number of benzene rings is 2. The molecule has 0 spiro atoms. The van der Waals surface area contributed by atoms with E-state index >= 15 is 0 Å². The Balaban J connectivity index is 1.93. The van der Waals surface area contributed by atoms with E-state index < -0.39 is 21.6 Å². The predicted octanol–water partition coefficient (Wildman–Crippen LogP) is 3.93. The van der Waals surface area contributed by atoms with Gasteiger partial charge in [0.1, 0.15) is 11.4 Å². The molecule has 1 N–H and O–H groups in total. The van der Waals surface area contributed by atoms with E-state index in [2.05, 4.69) is 5.32 Å². The van der Waals surface area contributed by atoms with Crippen molar-refractivity contribution in [3.05, 3.63) is 59.6 Å². The Kier molecular flexibility index (Phi) is 4.34. The summed E-state index contributed by atoms with van der Waals surface area (Å²) in [4.78, 5) is 12.6. The largest absolute Gasteiger partial charge is 0.451 e. The first kappa shape index (κ1) is 17.2. The molecule has 0 bridgehead atoms. The number of aryl methyl sites for hydroxylation is 1. The first-order valence-electron chi connectivity index (χ1n) is 7.64. The number of sulfone groups is 1. The monoisotopic (exact) mass is 361 g/mol. The van der Waals surface area contributed by atoms with Gasteiger partial charge in [-0.25, -0.2) is 12.8 Å². The number of rotatable bonds is 4. The zero-order valence-electron chi connectivity index (χ0n) is 13.7. The molecule has 0 atom stereocenters. The highest BCUT2D eigenvalue weighted by atomic mass is 32.2. The van der Waals surface area contributed by atoms with Crippen LogP contribution < -0.4 is 5.32 Å². The fourth-order valence-electron chi connectivity index (χ4n) is 2.53. The Bertz CT molecular complexity index is 1070. The van der Waals surface area contributed by atoms with Crippen molar-refractivity contribution in [2.24, 2.45) is 0 Å². The standard InChI is InChI=1S/C18H16FNO4S/c1-3-25(22,23)14-6-4-5-13(10-14)20-18(21)17-11(2)15-9-12(19)7-8-16(15)24-17/h4-10H,3H2,1-2H3,(H,20,21). The van der Waals surface area contributed by atoms with Crippen molar-refractivity contribution in [3.8, 4) is 0 Å². The summed E-state index contributed by atoms with van der Waals surface area (Å²) in [5, 5.41) is 3.14. The van der Waals surface area contributed by atoms with Gasteiger partial charge in [-0.15, -0.1) is 0 Å². The maximum Gasteiger partial charge on any atom is 0.291 e. The minimum Gasteiger partial charge on any atom is -0.451 e. The fraction of sp³-hybridized carbons (Fsp3) is 0.167. The topological polar surface area (TPSA) is 76.4 Å². The molecule has 7 heteroatoms. The number of anilines is 1. The summed E-state index contributed by atoms with van der Waals surface area (Å²) in [6.45, 7) is 3.22. The molecule has 1 amide bonds. The molecule has 2 aromatic carbocycles. The van der Waals surface area contributed by atoms with E-state index in [1.54, 1.807) is 26.0 Å². The van der Waals surface area contributed by atoms with Gasteiger partial charge in [-0.2, -0.15) is 0 Å². The minimum atomic E-state index is -3.37. The van der Waals surface area contributed by atoms with Crippen LogP contribution in [0.5, 0.6) is 0 Å². The summed E-state index contributed by atoms with van der Waals surface area (Å²) < 4.78 is 42.8. The molecule has 0 fully saturated rings. The number of fused-ring (bicyclic) bond motifs is 1. The van der Waals surface area contributed by atoms with Crippen molar-refractivity contribution in [2.75, 3.05) is 11.1 Å². The first-order valence-corrected chi connectivity index (χ1v) is 9.30. The maximum absolute atomic E-state index is 13.4. The Hall–Kier alpha value is -2.67. The van der Waals surface area contributed by atoms with Crippen LogP contribution in [0.25, 0.3) is 11.0 Å². The first-order chi connectivity index (χ1) is 11.8. The van der Waals surface area contributed by atoms with Crippen LogP contribution in [-0.2, 0) is 9.84 Å². The van der Waals surface area contributed by atoms with Gasteiger partial charge < -0.3 is 9.73 Å². The second-order valence-electron chi connectivity index (χ2n) is 5.58. The van der Waals surface area contributed by atoms with Crippen molar-refractivity contribution >= 4 is 32.4 Å². The van der Waals surface area contributed by atoms with Gasteiger partial charge in [0.25, 0.3) is 5.91 Å². The Morgan fingerprint density at radius 2 is 1.96 bits per heavy atom. The van der Waals surface area contributed by atoms with Gasteiger partial charge in [0.2, 0.25) is 0 Å². The van der Waals surface area contributed by atoms with E-state index in [0.717, 1.165) is 0 Å². The second kappa shape index (κ2) is 6.33. The summed E-state index contributed by atoms with van der Waals surface area (Å²) in [7, 11) is -3.37. The lowest BCUT2D eigenvalue weighted by Crippen LogP contribution is -2.13. The van der Waals surface area contributed by atoms with E-state index in [4.69, 9.17) is 4.42 Å². The SMILES string of the molecule is CCS(=O)(=O)c1cccc(NC(=O)c2oc3ccc(F)cc3c2C)c1. The normalized spacial score (nSPS) is 11.6. The molecule has 0 saturated heterocycles. The Labute approximate surface area is 144 Å². The van der Waals surface area contributed by atoms with E-state index in [0.29, 0.717) is 22.2 Å². The summed E-state index contributed by atoms with van der Waals surface area (Å²) >= 11 is 0. The molecule has 0 aliphatic heterocycles. The zero-order chi connectivity index (χ0) is 18.2. The molecule has 5 nitrogen and oxygen atoms in total. The minimum absolute atomic E-state index is 0.0291. The molecule has 3 aromatic rings. The van der Waals surface area contributed by atoms with Gasteiger partial charge in [0.05, 0.1) is 10.6 Å². The third-order valence-corrected chi connectivity index (χ3v) is 5.67. The molecule has 1 aromatic heterocycles. The lowest BCUT2D eigenvalue weighted by molar-refractivity contribution is 0.0998. The summed E-state index contributed by atoms with van der Waals surface area (Å²) in [6.07, 6.45) is 0. The van der Waals surface area contributed by atoms with Crippen LogP contribution in [0.3, 0.4) is 0 Å². The average molecular weight is 361 g/mol. The summed E-state index contributed by atoms with van der Waals surface area (Å²) in [6, 6.07) is 10.0. The third kappa shape index (κ3) is 3.28. The number of hydrogen-bond donors (Lipinski definition) is 1. The lowest BCUT2D eigenvalue weighted by Gasteiger charge is -2.06. The number of furan rings is 1.